The molecule has 1 aliphatic rings. The Morgan fingerprint density at radius 3 is 2.38 bits per heavy atom. The van der Waals surface area contributed by atoms with Gasteiger partial charge in [-0.1, -0.05) is 17.7 Å². The monoisotopic (exact) mass is 604 g/mol. The number of aliphatic hydroxyl groups is 1. The molecule has 0 saturated heterocycles. The van der Waals surface area contributed by atoms with E-state index in [4.69, 9.17) is 9.81 Å². The third-order valence-electron chi connectivity index (χ3n) is 6.91. The predicted octanol–water partition coefficient (Wildman–Crippen LogP) is 3.87. The van der Waals surface area contributed by atoms with E-state index >= 15 is 0 Å². The number of fused-ring (bicyclic) bond motifs is 2. The molecule has 0 fully saturated rings. The van der Waals surface area contributed by atoms with Gasteiger partial charge in [0.25, 0.3) is 16.0 Å². The van der Waals surface area contributed by atoms with Crippen molar-refractivity contribution in [3.63, 3.8) is 0 Å². The van der Waals surface area contributed by atoms with Gasteiger partial charge in [0, 0.05) is 19.0 Å². The number of benzene rings is 2. The first-order valence-corrected chi connectivity index (χ1v) is 14.0. The standard InChI is InChI=1S/C20H19F3N6O2.C7H8O3S/c1-11-9-28(10-13-8-25-18(29(11)13)19(2,31)20(21,22)23)17(30)16-14-5-4-12(7-24)6-15(14)26-27(16)3;1-6-2-4-7(5-3-6)11(8,9)10/h4-6,8,11,31H,9-10H2,1-3H3;2-5H,1H3,(H,8,9,10)/t11-,19?;/m0./s1. The molecule has 1 unspecified atom stereocenters. The Kier molecular flexibility index (Phi) is 7.94. The molecule has 222 valence electrons. The van der Waals surface area contributed by atoms with Crippen molar-refractivity contribution in [1.82, 2.24) is 24.2 Å². The quantitative estimate of drug-likeness (QED) is 0.334. The molecule has 15 heteroatoms. The molecular formula is C27H27F3N6O5S. The van der Waals surface area contributed by atoms with Crippen LogP contribution in [0.4, 0.5) is 13.2 Å². The van der Waals surface area contributed by atoms with Crippen molar-refractivity contribution in [3.05, 3.63) is 77.0 Å². The number of alkyl halides is 3. The van der Waals surface area contributed by atoms with Gasteiger partial charge >= 0.3 is 6.18 Å². The minimum Gasteiger partial charge on any atom is -0.374 e. The number of aromatic nitrogens is 4. The highest BCUT2D eigenvalue weighted by molar-refractivity contribution is 7.85. The van der Waals surface area contributed by atoms with Crippen LogP contribution in [0.3, 0.4) is 0 Å². The van der Waals surface area contributed by atoms with Crippen molar-refractivity contribution < 1.29 is 36.0 Å². The Hall–Kier alpha value is -4.26. The zero-order valence-electron chi connectivity index (χ0n) is 23.0. The third kappa shape index (κ3) is 5.73. The van der Waals surface area contributed by atoms with Crippen molar-refractivity contribution in [1.29, 1.82) is 5.26 Å². The molecular weight excluding hydrogens is 577 g/mol. The number of imidazole rings is 1. The lowest BCUT2D eigenvalue weighted by molar-refractivity contribution is -0.263. The third-order valence-corrected chi connectivity index (χ3v) is 7.78. The van der Waals surface area contributed by atoms with Crippen LogP contribution in [0.1, 0.15) is 53.0 Å². The summed E-state index contributed by atoms with van der Waals surface area (Å²) in [4.78, 5) is 18.6. The van der Waals surface area contributed by atoms with E-state index in [0.717, 1.165) is 5.56 Å². The van der Waals surface area contributed by atoms with Crippen molar-refractivity contribution in [2.24, 2.45) is 7.05 Å². The van der Waals surface area contributed by atoms with Gasteiger partial charge < -0.3 is 14.6 Å². The normalized spacial score (nSPS) is 16.7. The van der Waals surface area contributed by atoms with E-state index < -0.39 is 33.8 Å². The molecule has 2 N–H and O–H groups in total. The van der Waals surface area contributed by atoms with Crippen LogP contribution in [0.5, 0.6) is 0 Å². The molecule has 5 rings (SSSR count). The van der Waals surface area contributed by atoms with Gasteiger partial charge in [0.2, 0.25) is 5.60 Å². The Bertz CT molecular complexity index is 1800. The second-order valence-electron chi connectivity index (χ2n) is 10.2. The van der Waals surface area contributed by atoms with Gasteiger partial charge in [-0.3, -0.25) is 14.0 Å². The molecule has 0 aliphatic carbocycles. The number of nitrogens with zero attached hydrogens (tertiary/aromatic N) is 6. The first-order chi connectivity index (χ1) is 19.5. The van der Waals surface area contributed by atoms with Gasteiger partial charge in [0.15, 0.2) is 5.82 Å². The highest BCUT2D eigenvalue weighted by atomic mass is 32.2. The van der Waals surface area contributed by atoms with Crippen molar-refractivity contribution in [3.8, 4) is 6.07 Å². The molecule has 0 saturated carbocycles. The van der Waals surface area contributed by atoms with E-state index in [1.165, 1.54) is 32.5 Å². The molecule has 4 aromatic rings. The minimum atomic E-state index is -4.89. The second-order valence-corrected chi connectivity index (χ2v) is 11.6. The molecule has 2 aromatic heterocycles. The lowest BCUT2D eigenvalue weighted by Gasteiger charge is -2.36. The summed E-state index contributed by atoms with van der Waals surface area (Å²) in [5.74, 6) is -0.831. The average Bonchev–Trinajstić information content (AvgIpc) is 3.48. The van der Waals surface area contributed by atoms with Crippen LogP contribution in [0.25, 0.3) is 10.9 Å². The van der Waals surface area contributed by atoms with Crippen LogP contribution in [0.15, 0.2) is 53.6 Å². The maximum absolute atomic E-state index is 13.3. The molecule has 0 radical (unpaired) electrons. The molecule has 1 amide bonds. The van der Waals surface area contributed by atoms with Gasteiger partial charge in [-0.05, 0) is 51.1 Å². The van der Waals surface area contributed by atoms with E-state index in [9.17, 15) is 31.5 Å². The maximum Gasteiger partial charge on any atom is 0.424 e. The fourth-order valence-corrected chi connectivity index (χ4v) is 5.17. The lowest BCUT2D eigenvalue weighted by Crippen LogP contribution is -2.46. The van der Waals surface area contributed by atoms with Crippen molar-refractivity contribution in [2.45, 2.75) is 50.0 Å². The smallest absolute Gasteiger partial charge is 0.374 e. The number of nitriles is 1. The fourth-order valence-electron chi connectivity index (χ4n) is 4.69. The number of aryl methyl sites for hydroxylation is 2. The van der Waals surface area contributed by atoms with Crippen molar-refractivity contribution >= 4 is 26.9 Å². The minimum absolute atomic E-state index is 0.0348. The summed E-state index contributed by atoms with van der Waals surface area (Å²) in [5.41, 5.74) is -0.514. The van der Waals surface area contributed by atoms with Crippen LogP contribution in [-0.4, -0.2) is 60.9 Å². The summed E-state index contributed by atoms with van der Waals surface area (Å²) in [7, 11) is -2.40. The Morgan fingerprint density at radius 2 is 1.81 bits per heavy atom. The average molecular weight is 605 g/mol. The summed E-state index contributed by atoms with van der Waals surface area (Å²) in [6.07, 6.45) is -3.64. The summed E-state index contributed by atoms with van der Waals surface area (Å²) >= 11 is 0. The molecule has 1 aliphatic heterocycles. The fraction of sp³-hybridized carbons (Fsp3) is 0.333. The van der Waals surface area contributed by atoms with E-state index in [2.05, 4.69) is 10.1 Å². The number of carbonyl (C=O) groups excluding carboxylic acids is 1. The lowest BCUT2D eigenvalue weighted by atomic mass is 10.0. The van der Waals surface area contributed by atoms with Crippen LogP contribution in [0.2, 0.25) is 0 Å². The van der Waals surface area contributed by atoms with Crippen LogP contribution >= 0.6 is 0 Å². The van der Waals surface area contributed by atoms with Gasteiger partial charge in [-0.25, -0.2) is 4.98 Å². The molecule has 3 heterocycles. The molecule has 0 bridgehead atoms. The number of amides is 1. The number of rotatable bonds is 3. The van der Waals surface area contributed by atoms with Crippen LogP contribution < -0.4 is 0 Å². The van der Waals surface area contributed by atoms with E-state index in [1.54, 1.807) is 44.3 Å². The topological polar surface area (TPSA) is 154 Å². The van der Waals surface area contributed by atoms with E-state index in [-0.39, 0.29) is 23.9 Å². The zero-order valence-corrected chi connectivity index (χ0v) is 23.8. The number of hydrogen-bond acceptors (Lipinski definition) is 7. The molecule has 42 heavy (non-hydrogen) atoms. The molecule has 2 atom stereocenters. The molecule has 0 spiro atoms. The summed E-state index contributed by atoms with van der Waals surface area (Å²) in [5, 5.41) is 24.0. The van der Waals surface area contributed by atoms with Crippen molar-refractivity contribution in [2.75, 3.05) is 6.54 Å². The van der Waals surface area contributed by atoms with E-state index in [1.807, 2.05) is 13.0 Å². The highest BCUT2D eigenvalue weighted by Crippen LogP contribution is 2.40. The first-order valence-electron chi connectivity index (χ1n) is 12.5. The van der Waals surface area contributed by atoms with Gasteiger partial charge in [0.05, 0.1) is 46.5 Å². The summed E-state index contributed by atoms with van der Waals surface area (Å²) < 4.78 is 72.3. The Labute approximate surface area is 239 Å². The zero-order chi connectivity index (χ0) is 31.2. The summed E-state index contributed by atoms with van der Waals surface area (Å²) in [6.45, 7) is 4.35. The van der Waals surface area contributed by atoms with Crippen LogP contribution in [-0.2, 0) is 29.3 Å². The number of halogens is 3. The molecule has 11 nitrogen and oxygen atoms in total. The Balaban J connectivity index is 0.000000310. The number of hydrogen-bond donors (Lipinski definition) is 2. The van der Waals surface area contributed by atoms with Gasteiger partial charge in [0.1, 0.15) is 5.69 Å². The van der Waals surface area contributed by atoms with E-state index in [0.29, 0.717) is 34.8 Å². The number of carbonyl (C=O) groups is 1. The summed E-state index contributed by atoms with van der Waals surface area (Å²) in [6, 6.07) is 12.3. The first kappa shape index (κ1) is 30.7. The van der Waals surface area contributed by atoms with Gasteiger partial charge in [-0.15, -0.1) is 0 Å². The maximum atomic E-state index is 13.3. The highest BCUT2D eigenvalue weighted by Gasteiger charge is 2.55. The largest absolute Gasteiger partial charge is 0.424 e. The predicted molar refractivity (Wildman–Crippen MR) is 144 cm³/mol. The second kappa shape index (κ2) is 10.9. The molecule has 2 aromatic carbocycles. The van der Waals surface area contributed by atoms with Gasteiger partial charge in [-0.2, -0.15) is 31.9 Å². The van der Waals surface area contributed by atoms with Crippen LogP contribution in [0, 0.1) is 18.3 Å². The Morgan fingerprint density at radius 1 is 1.17 bits per heavy atom. The SMILES string of the molecule is C[C@H]1CN(C(=O)c2c3ccc(C#N)cc3nn2C)Cc2cnc(C(C)(O)C(F)(F)F)n21.Cc1ccc(S(=O)(=O)O)cc1.